The summed E-state index contributed by atoms with van der Waals surface area (Å²) in [5.41, 5.74) is 6.65. The van der Waals surface area contributed by atoms with Gasteiger partial charge < -0.3 is 0 Å². The van der Waals surface area contributed by atoms with Gasteiger partial charge in [0.1, 0.15) is 0 Å². The van der Waals surface area contributed by atoms with E-state index >= 15 is 0 Å². The third-order valence-corrected chi connectivity index (χ3v) is 4.50. The summed E-state index contributed by atoms with van der Waals surface area (Å²) in [5, 5.41) is 0. The molecule has 0 aliphatic carbocycles. The number of benzene rings is 3. The van der Waals surface area contributed by atoms with E-state index in [9.17, 15) is 0 Å². The molecule has 0 spiro atoms. The Labute approximate surface area is 145 Å². The third-order valence-electron chi connectivity index (χ3n) is 4.50. The molecule has 3 rings (SSSR count). The van der Waals surface area contributed by atoms with E-state index < -0.39 is 0 Å². The summed E-state index contributed by atoms with van der Waals surface area (Å²) < 4.78 is 0. The van der Waals surface area contributed by atoms with Crippen molar-refractivity contribution >= 4 is 0 Å². The Hall–Kier alpha value is -2.60. The van der Waals surface area contributed by atoms with Crippen LogP contribution in [-0.4, -0.2) is 0 Å². The molecule has 0 saturated carbocycles. The zero-order valence-electron chi connectivity index (χ0n) is 14.3. The van der Waals surface area contributed by atoms with Gasteiger partial charge in [-0.1, -0.05) is 104 Å². The smallest absolute Gasteiger partial charge is 0.00611 e. The fourth-order valence-corrected chi connectivity index (χ4v) is 3.14. The van der Waals surface area contributed by atoms with E-state index in [1.807, 2.05) is 0 Å². The highest BCUT2D eigenvalue weighted by Crippen LogP contribution is 2.25. The van der Waals surface area contributed by atoms with Crippen molar-refractivity contribution in [3.05, 3.63) is 119 Å². The van der Waals surface area contributed by atoms with Crippen molar-refractivity contribution in [3.63, 3.8) is 0 Å². The van der Waals surface area contributed by atoms with Crippen LogP contribution in [0.25, 0.3) is 0 Å². The van der Waals surface area contributed by atoms with Gasteiger partial charge in [-0.05, 0) is 35.1 Å². The molecule has 0 bridgehead atoms. The van der Waals surface area contributed by atoms with Crippen molar-refractivity contribution in [2.75, 3.05) is 0 Å². The predicted octanol–water partition coefficient (Wildman–Crippen LogP) is 6.18. The van der Waals surface area contributed by atoms with Crippen LogP contribution in [0.2, 0.25) is 0 Å². The Bertz CT molecular complexity index is 785. The average molecular weight is 312 g/mol. The predicted molar refractivity (Wildman–Crippen MR) is 103 cm³/mol. The second-order valence-corrected chi connectivity index (χ2v) is 6.47. The Kier molecular flexibility index (Phi) is 5.28. The topological polar surface area (TPSA) is 0 Å². The molecule has 120 valence electrons. The highest BCUT2D eigenvalue weighted by atomic mass is 14.1. The molecule has 0 radical (unpaired) electrons. The van der Waals surface area contributed by atoms with E-state index in [2.05, 4.69) is 98.4 Å². The molecule has 0 nitrogen and oxygen atoms in total. The van der Waals surface area contributed by atoms with Crippen LogP contribution < -0.4 is 0 Å². The fraction of sp³-hybridized carbons (Fsp3) is 0.167. The molecule has 1 atom stereocenters. The standard InChI is InChI=1S/C24H24/c1-19(16-21-10-5-3-6-11-21)17-22-12-9-15-24(18-22)20(2)23-13-7-4-8-14-23/h3-15,18,20H,1,16-17H2,2H3. The van der Waals surface area contributed by atoms with Crippen LogP contribution in [-0.2, 0) is 12.8 Å². The van der Waals surface area contributed by atoms with E-state index in [1.54, 1.807) is 0 Å². The Balaban J connectivity index is 1.70. The molecule has 0 amide bonds. The van der Waals surface area contributed by atoms with Crippen molar-refractivity contribution in [1.82, 2.24) is 0 Å². The summed E-state index contributed by atoms with van der Waals surface area (Å²) in [5.74, 6) is 0.411. The summed E-state index contributed by atoms with van der Waals surface area (Å²) in [7, 11) is 0. The lowest BCUT2D eigenvalue weighted by atomic mass is 9.90. The first-order valence-corrected chi connectivity index (χ1v) is 8.57. The first kappa shape index (κ1) is 16.3. The molecule has 0 heterocycles. The van der Waals surface area contributed by atoms with Gasteiger partial charge in [0.25, 0.3) is 0 Å². The molecular formula is C24H24. The van der Waals surface area contributed by atoms with Gasteiger partial charge >= 0.3 is 0 Å². The van der Waals surface area contributed by atoms with Crippen molar-refractivity contribution in [3.8, 4) is 0 Å². The third kappa shape index (κ3) is 4.23. The quantitative estimate of drug-likeness (QED) is 0.477. The van der Waals surface area contributed by atoms with Crippen molar-refractivity contribution in [2.24, 2.45) is 0 Å². The second kappa shape index (κ2) is 7.79. The van der Waals surface area contributed by atoms with E-state index in [-0.39, 0.29) is 0 Å². The lowest BCUT2D eigenvalue weighted by Gasteiger charge is -2.14. The Morgan fingerprint density at radius 1 is 0.708 bits per heavy atom. The maximum absolute atomic E-state index is 4.28. The molecule has 3 aromatic carbocycles. The van der Waals surface area contributed by atoms with Crippen LogP contribution in [0, 0.1) is 0 Å². The number of hydrogen-bond donors (Lipinski definition) is 0. The average Bonchev–Trinajstić information content (AvgIpc) is 2.63. The van der Waals surface area contributed by atoms with Crippen molar-refractivity contribution in [2.45, 2.75) is 25.7 Å². The van der Waals surface area contributed by atoms with Crippen LogP contribution in [0.1, 0.15) is 35.1 Å². The first-order chi connectivity index (χ1) is 11.7. The van der Waals surface area contributed by atoms with Crippen molar-refractivity contribution < 1.29 is 0 Å². The van der Waals surface area contributed by atoms with Gasteiger partial charge in [0.2, 0.25) is 0 Å². The maximum Gasteiger partial charge on any atom is 0.00611 e. The highest BCUT2D eigenvalue weighted by Gasteiger charge is 2.09. The van der Waals surface area contributed by atoms with E-state index in [0.29, 0.717) is 5.92 Å². The normalized spacial score (nSPS) is 11.9. The molecule has 0 aliphatic rings. The van der Waals surface area contributed by atoms with E-state index in [0.717, 1.165) is 12.8 Å². The molecule has 0 aromatic heterocycles. The SMILES string of the molecule is C=C(Cc1ccccc1)Cc1cccc(C(C)c2ccccc2)c1. The molecule has 0 heteroatoms. The first-order valence-electron chi connectivity index (χ1n) is 8.57. The van der Waals surface area contributed by atoms with Gasteiger partial charge in [0, 0.05) is 5.92 Å². The molecule has 0 aliphatic heterocycles. The maximum atomic E-state index is 4.28. The minimum Gasteiger partial charge on any atom is -0.0992 e. The number of rotatable bonds is 6. The summed E-state index contributed by atoms with van der Waals surface area (Å²) in [4.78, 5) is 0. The minimum atomic E-state index is 0.411. The zero-order valence-corrected chi connectivity index (χ0v) is 14.3. The Morgan fingerprint density at radius 3 is 1.96 bits per heavy atom. The van der Waals surface area contributed by atoms with E-state index in [4.69, 9.17) is 0 Å². The van der Waals surface area contributed by atoms with Crippen LogP contribution >= 0.6 is 0 Å². The molecular weight excluding hydrogens is 288 g/mol. The van der Waals surface area contributed by atoms with E-state index in [1.165, 1.54) is 27.8 Å². The van der Waals surface area contributed by atoms with Crippen LogP contribution in [0.15, 0.2) is 97.1 Å². The number of hydrogen-bond acceptors (Lipinski definition) is 0. The largest absolute Gasteiger partial charge is 0.0992 e. The van der Waals surface area contributed by atoms with Crippen molar-refractivity contribution in [1.29, 1.82) is 0 Å². The van der Waals surface area contributed by atoms with Gasteiger partial charge in [-0.3, -0.25) is 0 Å². The van der Waals surface area contributed by atoms with Crippen LogP contribution in [0.4, 0.5) is 0 Å². The van der Waals surface area contributed by atoms with Gasteiger partial charge in [-0.25, -0.2) is 0 Å². The Morgan fingerprint density at radius 2 is 1.25 bits per heavy atom. The zero-order chi connectivity index (χ0) is 16.8. The summed E-state index contributed by atoms with van der Waals surface area (Å²) in [6.45, 7) is 6.55. The molecule has 3 aromatic rings. The molecule has 0 saturated heterocycles. The van der Waals surface area contributed by atoms with Crippen LogP contribution in [0.5, 0.6) is 0 Å². The molecule has 24 heavy (non-hydrogen) atoms. The summed E-state index contributed by atoms with van der Waals surface area (Å²) in [6.07, 6.45) is 1.88. The van der Waals surface area contributed by atoms with Crippen LogP contribution in [0.3, 0.4) is 0 Å². The minimum absolute atomic E-state index is 0.411. The lowest BCUT2D eigenvalue weighted by molar-refractivity contribution is 0.915. The second-order valence-electron chi connectivity index (χ2n) is 6.47. The molecule has 1 unspecified atom stereocenters. The summed E-state index contributed by atoms with van der Waals surface area (Å²) >= 11 is 0. The van der Waals surface area contributed by atoms with Gasteiger partial charge in [-0.15, -0.1) is 0 Å². The monoisotopic (exact) mass is 312 g/mol. The molecule has 0 fully saturated rings. The number of allylic oxidation sites excluding steroid dienone is 1. The van der Waals surface area contributed by atoms with Gasteiger partial charge in [0.15, 0.2) is 0 Å². The van der Waals surface area contributed by atoms with Gasteiger partial charge in [-0.2, -0.15) is 0 Å². The van der Waals surface area contributed by atoms with Gasteiger partial charge in [0.05, 0.1) is 0 Å². The lowest BCUT2D eigenvalue weighted by Crippen LogP contribution is -1.99. The fourth-order valence-electron chi connectivity index (χ4n) is 3.14. The highest BCUT2D eigenvalue weighted by molar-refractivity contribution is 5.35. The summed E-state index contributed by atoms with van der Waals surface area (Å²) in [6, 6.07) is 30.2. The molecule has 0 N–H and O–H groups in total.